The summed E-state index contributed by atoms with van der Waals surface area (Å²) in [4.78, 5) is 24.6. The van der Waals surface area contributed by atoms with E-state index in [1.807, 2.05) is 12.1 Å². The molecule has 0 unspecified atom stereocenters. The summed E-state index contributed by atoms with van der Waals surface area (Å²) in [5.41, 5.74) is 4.03. The van der Waals surface area contributed by atoms with Gasteiger partial charge in [0.2, 0.25) is 0 Å². The number of hydroxylamine groups is 1. The zero-order valence-electron chi connectivity index (χ0n) is 16.6. The van der Waals surface area contributed by atoms with Gasteiger partial charge in [0.25, 0.3) is 5.91 Å². The van der Waals surface area contributed by atoms with Crippen LogP contribution in [0.2, 0.25) is 0 Å². The van der Waals surface area contributed by atoms with Crippen LogP contribution in [0.15, 0.2) is 41.1 Å². The number of anilines is 2. The average Bonchev–Trinajstić information content (AvgIpc) is 3.39. The highest BCUT2D eigenvalue weighted by Gasteiger charge is 2.22. The Labute approximate surface area is 182 Å². The molecule has 1 amide bonds. The minimum Gasteiger partial charge on any atom is -0.352 e. The van der Waals surface area contributed by atoms with Gasteiger partial charge in [0.15, 0.2) is 5.82 Å². The van der Waals surface area contributed by atoms with Gasteiger partial charge in [-0.25, -0.2) is 14.9 Å². The molecule has 2 N–H and O–H groups in total. The van der Waals surface area contributed by atoms with Crippen molar-refractivity contribution in [1.29, 1.82) is 0 Å². The predicted molar refractivity (Wildman–Crippen MR) is 117 cm³/mol. The molecule has 2 heterocycles. The number of halogens is 2. The quantitative estimate of drug-likeness (QED) is 0.399. The number of hydrogen-bond donors (Lipinski definition) is 2. The SMILES string of the molecule is Cn1cnc2c(F)c(Nc3ccc(Br)cc3)c(C(=O)NOCCN3CCCC3)cc21. The van der Waals surface area contributed by atoms with E-state index in [4.69, 9.17) is 4.84 Å². The van der Waals surface area contributed by atoms with E-state index in [0.29, 0.717) is 17.8 Å². The van der Waals surface area contributed by atoms with Gasteiger partial charge in [0.05, 0.1) is 29.7 Å². The predicted octanol–water partition coefficient (Wildman–Crippen LogP) is 3.98. The van der Waals surface area contributed by atoms with Gasteiger partial charge in [-0.3, -0.25) is 9.63 Å². The molecule has 1 aliphatic heterocycles. The van der Waals surface area contributed by atoms with Crippen LogP contribution >= 0.6 is 15.9 Å². The molecule has 1 aliphatic rings. The fourth-order valence-electron chi connectivity index (χ4n) is 3.56. The van der Waals surface area contributed by atoms with E-state index >= 15 is 4.39 Å². The number of nitrogens with zero attached hydrogens (tertiary/aromatic N) is 3. The Kier molecular flexibility index (Phi) is 6.31. The number of amides is 1. The highest BCUT2D eigenvalue weighted by molar-refractivity contribution is 9.10. The number of imidazole rings is 1. The van der Waals surface area contributed by atoms with Gasteiger partial charge in [-0.2, -0.15) is 0 Å². The number of rotatable bonds is 7. The lowest BCUT2D eigenvalue weighted by Crippen LogP contribution is -2.30. The van der Waals surface area contributed by atoms with E-state index in [1.165, 1.54) is 19.2 Å². The fraction of sp³-hybridized carbons (Fsp3) is 0.333. The lowest BCUT2D eigenvalue weighted by atomic mass is 10.1. The van der Waals surface area contributed by atoms with Crippen LogP contribution in [0.1, 0.15) is 23.2 Å². The molecule has 1 saturated heterocycles. The molecular weight excluding hydrogens is 453 g/mol. The van der Waals surface area contributed by atoms with E-state index in [-0.39, 0.29) is 16.8 Å². The third kappa shape index (κ3) is 4.48. The summed E-state index contributed by atoms with van der Waals surface area (Å²) in [6.45, 7) is 3.24. The Morgan fingerprint density at radius 3 is 2.73 bits per heavy atom. The number of hydrogen-bond acceptors (Lipinski definition) is 5. The molecule has 1 fully saturated rings. The zero-order chi connectivity index (χ0) is 21.1. The number of likely N-dealkylation sites (tertiary alicyclic amines) is 1. The van der Waals surface area contributed by atoms with E-state index in [0.717, 1.165) is 24.1 Å². The van der Waals surface area contributed by atoms with Crippen molar-refractivity contribution in [3.05, 3.63) is 52.5 Å². The molecule has 158 valence electrons. The van der Waals surface area contributed by atoms with Crippen molar-refractivity contribution in [2.24, 2.45) is 7.05 Å². The normalized spacial score (nSPS) is 14.4. The van der Waals surface area contributed by atoms with Crippen LogP contribution in [0.25, 0.3) is 11.0 Å². The Hall–Kier alpha value is -2.49. The van der Waals surface area contributed by atoms with Crippen molar-refractivity contribution in [2.75, 3.05) is 31.6 Å². The second-order valence-corrected chi connectivity index (χ2v) is 8.21. The third-order valence-corrected chi connectivity index (χ3v) is 5.72. The van der Waals surface area contributed by atoms with Crippen molar-refractivity contribution in [3.63, 3.8) is 0 Å². The van der Waals surface area contributed by atoms with Crippen LogP contribution < -0.4 is 10.8 Å². The van der Waals surface area contributed by atoms with E-state index in [9.17, 15) is 4.79 Å². The summed E-state index contributed by atoms with van der Waals surface area (Å²) >= 11 is 3.38. The van der Waals surface area contributed by atoms with E-state index in [2.05, 4.69) is 36.6 Å². The maximum Gasteiger partial charge on any atom is 0.277 e. The van der Waals surface area contributed by atoms with E-state index < -0.39 is 11.7 Å². The summed E-state index contributed by atoms with van der Waals surface area (Å²) in [5, 5.41) is 3.02. The topological polar surface area (TPSA) is 71.4 Å². The van der Waals surface area contributed by atoms with Gasteiger partial charge < -0.3 is 14.8 Å². The van der Waals surface area contributed by atoms with Gasteiger partial charge >= 0.3 is 0 Å². The van der Waals surface area contributed by atoms with Gasteiger partial charge in [0.1, 0.15) is 5.52 Å². The number of aromatic nitrogens is 2. The molecule has 3 aromatic rings. The summed E-state index contributed by atoms with van der Waals surface area (Å²) in [5.74, 6) is -1.10. The van der Waals surface area contributed by atoms with Crippen LogP contribution in [0.4, 0.5) is 15.8 Å². The first-order valence-corrected chi connectivity index (χ1v) is 10.6. The van der Waals surface area contributed by atoms with Crippen LogP contribution in [0.5, 0.6) is 0 Å². The smallest absolute Gasteiger partial charge is 0.277 e. The number of nitrogens with one attached hydrogen (secondary N) is 2. The second kappa shape index (κ2) is 9.11. The Morgan fingerprint density at radius 2 is 2.00 bits per heavy atom. The van der Waals surface area contributed by atoms with Gasteiger partial charge in [-0.1, -0.05) is 15.9 Å². The fourth-order valence-corrected chi connectivity index (χ4v) is 3.82. The highest BCUT2D eigenvalue weighted by atomic mass is 79.9. The Balaban J connectivity index is 1.56. The molecule has 0 aliphatic carbocycles. The number of carbonyl (C=O) groups excluding carboxylic acids is 1. The van der Waals surface area contributed by atoms with Crippen LogP contribution in [0.3, 0.4) is 0 Å². The minimum absolute atomic E-state index is 0.0594. The Morgan fingerprint density at radius 1 is 1.27 bits per heavy atom. The third-order valence-electron chi connectivity index (χ3n) is 5.19. The number of carbonyl (C=O) groups is 1. The largest absolute Gasteiger partial charge is 0.352 e. The van der Waals surface area contributed by atoms with E-state index in [1.54, 1.807) is 29.8 Å². The number of benzene rings is 2. The molecule has 2 aromatic carbocycles. The molecule has 0 radical (unpaired) electrons. The monoisotopic (exact) mass is 475 g/mol. The van der Waals surface area contributed by atoms with Crippen LogP contribution in [-0.2, 0) is 11.9 Å². The molecule has 7 nitrogen and oxygen atoms in total. The van der Waals surface area contributed by atoms with Crippen molar-refractivity contribution >= 4 is 44.2 Å². The first kappa shape index (κ1) is 20.8. The van der Waals surface area contributed by atoms with Crippen LogP contribution in [0, 0.1) is 5.82 Å². The molecule has 9 heteroatoms. The van der Waals surface area contributed by atoms with Crippen LogP contribution in [-0.4, -0.2) is 46.6 Å². The summed E-state index contributed by atoms with van der Waals surface area (Å²) in [7, 11) is 1.75. The van der Waals surface area contributed by atoms with Crippen molar-refractivity contribution in [3.8, 4) is 0 Å². The average molecular weight is 476 g/mol. The van der Waals surface area contributed by atoms with Crippen molar-refractivity contribution in [2.45, 2.75) is 12.8 Å². The summed E-state index contributed by atoms with van der Waals surface area (Å²) in [6.07, 6.45) is 3.91. The number of fused-ring (bicyclic) bond motifs is 1. The van der Waals surface area contributed by atoms with Gasteiger partial charge in [0, 0.05) is 23.8 Å². The van der Waals surface area contributed by atoms with Crippen molar-refractivity contribution in [1.82, 2.24) is 19.9 Å². The van der Waals surface area contributed by atoms with Gasteiger partial charge in [-0.15, -0.1) is 0 Å². The lowest BCUT2D eigenvalue weighted by Gasteiger charge is -2.16. The standard InChI is InChI=1S/C21H23BrFN5O2/c1-27-13-24-20-17(27)12-16(21(29)26-30-11-10-28-8-2-3-9-28)19(18(20)23)25-15-6-4-14(22)5-7-15/h4-7,12-13,25H,2-3,8-11H2,1H3,(H,26,29). The molecule has 1 aromatic heterocycles. The summed E-state index contributed by atoms with van der Waals surface area (Å²) in [6, 6.07) is 8.87. The molecule has 4 rings (SSSR count). The Bertz CT molecular complexity index is 1050. The van der Waals surface area contributed by atoms with Crippen molar-refractivity contribution < 1.29 is 14.0 Å². The highest BCUT2D eigenvalue weighted by Crippen LogP contribution is 2.31. The molecule has 0 saturated carbocycles. The van der Waals surface area contributed by atoms with Gasteiger partial charge in [-0.05, 0) is 56.3 Å². The molecule has 0 atom stereocenters. The summed E-state index contributed by atoms with van der Waals surface area (Å²) < 4.78 is 17.9. The molecule has 0 spiro atoms. The zero-order valence-corrected chi connectivity index (χ0v) is 18.2. The maximum absolute atomic E-state index is 15.3. The lowest BCUT2D eigenvalue weighted by molar-refractivity contribution is 0.0244. The number of aryl methyl sites for hydroxylation is 1. The second-order valence-electron chi connectivity index (χ2n) is 7.30. The molecular formula is C21H23BrFN5O2. The minimum atomic E-state index is -0.585. The molecule has 0 bridgehead atoms. The first-order valence-electron chi connectivity index (χ1n) is 9.83. The first-order chi connectivity index (χ1) is 14.5. The maximum atomic E-state index is 15.3. The molecule has 30 heavy (non-hydrogen) atoms.